The van der Waals surface area contributed by atoms with Crippen LogP contribution in [0.15, 0.2) is 41.0 Å². The number of hydrogen-bond acceptors (Lipinski definition) is 2. The topological polar surface area (TPSA) is 49.4 Å². The molecule has 5 heteroatoms. The quantitative estimate of drug-likeness (QED) is 0.865. The lowest BCUT2D eigenvalue weighted by atomic mass is 10.2. The Bertz CT molecular complexity index is 438. The molecule has 0 aliphatic carbocycles. The average Bonchev–Trinajstić information content (AvgIpc) is 2.29. The average molecular weight is 297 g/mol. The van der Waals surface area contributed by atoms with Crippen LogP contribution >= 0.6 is 15.9 Å². The van der Waals surface area contributed by atoms with Crippen molar-refractivity contribution in [2.75, 3.05) is 14.1 Å². The van der Waals surface area contributed by atoms with Crippen molar-refractivity contribution in [1.29, 1.82) is 0 Å². The van der Waals surface area contributed by atoms with E-state index in [0.29, 0.717) is 5.56 Å². The van der Waals surface area contributed by atoms with Crippen LogP contribution in [0.4, 0.5) is 0 Å². The number of carbonyl (C=O) groups is 2. The van der Waals surface area contributed by atoms with Gasteiger partial charge in [0.15, 0.2) is 0 Å². The third-order valence-electron chi connectivity index (χ3n) is 1.99. The predicted molar refractivity (Wildman–Crippen MR) is 69.4 cm³/mol. The van der Waals surface area contributed by atoms with Gasteiger partial charge in [0.1, 0.15) is 0 Å². The van der Waals surface area contributed by atoms with E-state index >= 15 is 0 Å². The molecule has 0 aliphatic heterocycles. The van der Waals surface area contributed by atoms with Crippen LogP contribution in [0.2, 0.25) is 0 Å². The van der Waals surface area contributed by atoms with Gasteiger partial charge in [0.25, 0.3) is 5.91 Å². The summed E-state index contributed by atoms with van der Waals surface area (Å²) >= 11 is 3.29. The Hall–Kier alpha value is -1.62. The molecule has 1 aromatic rings. The van der Waals surface area contributed by atoms with Crippen molar-refractivity contribution in [3.63, 3.8) is 0 Å². The summed E-state index contributed by atoms with van der Waals surface area (Å²) < 4.78 is 0.910. The molecule has 0 radical (unpaired) electrons. The molecule has 0 unspecified atom stereocenters. The van der Waals surface area contributed by atoms with E-state index in [1.807, 2.05) is 0 Å². The number of amides is 2. The zero-order valence-electron chi connectivity index (χ0n) is 9.61. The maximum atomic E-state index is 11.6. The molecule has 0 bridgehead atoms. The maximum Gasteiger partial charge on any atom is 0.255 e. The molecule has 0 saturated heterocycles. The molecule has 0 saturated carbocycles. The summed E-state index contributed by atoms with van der Waals surface area (Å²) in [6.45, 7) is 0. The Morgan fingerprint density at radius 1 is 1.24 bits per heavy atom. The SMILES string of the molecule is CN(C)C(=O)/C=C\NC(=O)c1ccc(Br)cc1. The molecule has 90 valence electrons. The van der Waals surface area contributed by atoms with E-state index in [-0.39, 0.29) is 11.8 Å². The first kappa shape index (κ1) is 13.4. The lowest BCUT2D eigenvalue weighted by Crippen LogP contribution is -2.21. The summed E-state index contributed by atoms with van der Waals surface area (Å²) in [4.78, 5) is 24.2. The number of likely N-dealkylation sites (N-methyl/N-ethyl adjacent to an activating group) is 1. The van der Waals surface area contributed by atoms with E-state index in [4.69, 9.17) is 0 Å². The van der Waals surface area contributed by atoms with Crippen LogP contribution in [-0.4, -0.2) is 30.8 Å². The molecule has 0 atom stereocenters. The Kier molecular flexibility index (Phi) is 4.90. The predicted octanol–water partition coefficient (Wildman–Crippen LogP) is 1.78. The fourth-order valence-corrected chi connectivity index (χ4v) is 1.29. The Morgan fingerprint density at radius 2 is 1.82 bits per heavy atom. The second kappa shape index (κ2) is 6.20. The summed E-state index contributed by atoms with van der Waals surface area (Å²) in [6.07, 6.45) is 2.64. The highest BCUT2D eigenvalue weighted by atomic mass is 79.9. The fourth-order valence-electron chi connectivity index (χ4n) is 1.02. The van der Waals surface area contributed by atoms with Gasteiger partial charge in [-0.3, -0.25) is 9.59 Å². The van der Waals surface area contributed by atoms with Crippen LogP contribution in [0.5, 0.6) is 0 Å². The molecular formula is C12H13BrN2O2. The third kappa shape index (κ3) is 4.40. The van der Waals surface area contributed by atoms with E-state index in [9.17, 15) is 9.59 Å². The molecule has 17 heavy (non-hydrogen) atoms. The minimum atomic E-state index is -0.250. The highest BCUT2D eigenvalue weighted by molar-refractivity contribution is 9.10. The van der Waals surface area contributed by atoms with Crippen LogP contribution in [0.1, 0.15) is 10.4 Å². The second-order valence-electron chi connectivity index (χ2n) is 3.55. The van der Waals surface area contributed by atoms with E-state index in [2.05, 4.69) is 21.2 Å². The number of benzene rings is 1. The first-order chi connectivity index (χ1) is 8.00. The molecule has 4 nitrogen and oxygen atoms in total. The van der Waals surface area contributed by atoms with Crippen molar-refractivity contribution >= 4 is 27.7 Å². The molecular weight excluding hydrogens is 284 g/mol. The van der Waals surface area contributed by atoms with Crippen LogP contribution in [0, 0.1) is 0 Å². The lowest BCUT2D eigenvalue weighted by Gasteiger charge is -2.05. The van der Waals surface area contributed by atoms with Gasteiger partial charge in [-0.15, -0.1) is 0 Å². The van der Waals surface area contributed by atoms with Crippen molar-refractivity contribution in [2.24, 2.45) is 0 Å². The molecule has 0 aromatic heterocycles. The summed E-state index contributed by atoms with van der Waals surface area (Å²) in [5, 5.41) is 2.52. The van der Waals surface area contributed by atoms with Gasteiger partial charge in [0.05, 0.1) is 0 Å². The Labute approximate surface area is 108 Å². The number of nitrogens with one attached hydrogen (secondary N) is 1. The monoisotopic (exact) mass is 296 g/mol. The Balaban J connectivity index is 2.56. The highest BCUT2D eigenvalue weighted by Gasteiger charge is 2.03. The minimum absolute atomic E-state index is 0.180. The van der Waals surface area contributed by atoms with Gasteiger partial charge < -0.3 is 10.2 Å². The summed E-state index contributed by atoms with van der Waals surface area (Å²) in [7, 11) is 3.28. The highest BCUT2D eigenvalue weighted by Crippen LogP contribution is 2.10. The van der Waals surface area contributed by atoms with Crippen LogP contribution < -0.4 is 5.32 Å². The van der Waals surface area contributed by atoms with E-state index in [1.165, 1.54) is 17.2 Å². The summed E-state index contributed by atoms with van der Waals surface area (Å²) in [5.41, 5.74) is 0.537. The Morgan fingerprint density at radius 3 is 2.35 bits per heavy atom. The molecule has 0 spiro atoms. The molecule has 1 aromatic carbocycles. The maximum absolute atomic E-state index is 11.6. The number of hydrogen-bond donors (Lipinski definition) is 1. The molecule has 1 N–H and O–H groups in total. The van der Waals surface area contributed by atoms with Crippen molar-refractivity contribution in [3.8, 4) is 0 Å². The number of nitrogens with zero attached hydrogens (tertiary/aromatic N) is 1. The van der Waals surface area contributed by atoms with Crippen molar-refractivity contribution in [3.05, 3.63) is 46.6 Å². The molecule has 0 heterocycles. The van der Waals surface area contributed by atoms with Crippen molar-refractivity contribution in [2.45, 2.75) is 0 Å². The van der Waals surface area contributed by atoms with E-state index < -0.39 is 0 Å². The summed E-state index contributed by atoms with van der Waals surface area (Å²) in [6, 6.07) is 6.95. The number of rotatable bonds is 3. The molecule has 0 fully saturated rings. The number of halogens is 1. The van der Waals surface area contributed by atoms with Crippen molar-refractivity contribution in [1.82, 2.24) is 10.2 Å². The number of carbonyl (C=O) groups excluding carboxylic acids is 2. The van der Waals surface area contributed by atoms with Crippen LogP contribution in [-0.2, 0) is 4.79 Å². The smallest absolute Gasteiger partial charge is 0.255 e. The lowest BCUT2D eigenvalue weighted by molar-refractivity contribution is -0.123. The zero-order valence-corrected chi connectivity index (χ0v) is 11.2. The largest absolute Gasteiger partial charge is 0.345 e. The van der Waals surface area contributed by atoms with E-state index in [0.717, 1.165) is 4.47 Å². The van der Waals surface area contributed by atoms with Crippen LogP contribution in [0.3, 0.4) is 0 Å². The first-order valence-corrected chi connectivity index (χ1v) is 5.74. The van der Waals surface area contributed by atoms with Gasteiger partial charge in [0, 0.05) is 36.4 Å². The fraction of sp³-hybridized carbons (Fsp3) is 0.167. The zero-order chi connectivity index (χ0) is 12.8. The summed E-state index contributed by atoms with van der Waals surface area (Å²) in [5.74, 6) is -0.429. The molecule has 0 aliphatic rings. The van der Waals surface area contributed by atoms with E-state index in [1.54, 1.807) is 38.4 Å². The second-order valence-corrected chi connectivity index (χ2v) is 4.46. The van der Waals surface area contributed by atoms with Gasteiger partial charge in [-0.05, 0) is 24.3 Å². The van der Waals surface area contributed by atoms with Gasteiger partial charge in [0.2, 0.25) is 5.91 Å². The first-order valence-electron chi connectivity index (χ1n) is 4.95. The van der Waals surface area contributed by atoms with Gasteiger partial charge in [-0.25, -0.2) is 0 Å². The van der Waals surface area contributed by atoms with Gasteiger partial charge >= 0.3 is 0 Å². The molecule has 1 rings (SSSR count). The van der Waals surface area contributed by atoms with Crippen molar-refractivity contribution < 1.29 is 9.59 Å². The normalized spacial score (nSPS) is 10.3. The standard InChI is InChI=1S/C12H13BrN2O2/c1-15(2)11(16)7-8-14-12(17)9-3-5-10(13)6-4-9/h3-8H,1-2H3,(H,14,17)/b8-7-. The molecule has 2 amide bonds. The van der Waals surface area contributed by atoms with Crippen LogP contribution in [0.25, 0.3) is 0 Å². The van der Waals surface area contributed by atoms with Gasteiger partial charge in [-0.2, -0.15) is 0 Å². The van der Waals surface area contributed by atoms with Gasteiger partial charge in [-0.1, -0.05) is 15.9 Å². The minimum Gasteiger partial charge on any atom is -0.345 e. The third-order valence-corrected chi connectivity index (χ3v) is 2.52.